The summed E-state index contributed by atoms with van der Waals surface area (Å²) < 4.78 is 24.7. The molecule has 74 valence electrons. The van der Waals surface area contributed by atoms with Crippen LogP contribution in [0.1, 0.15) is 23.2 Å². The Morgan fingerprint density at radius 2 is 2.29 bits per heavy atom. The van der Waals surface area contributed by atoms with Crippen LogP contribution in [0.15, 0.2) is 6.20 Å². The van der Waals surface area contributed by atoms with Gasteiger partial charge in [0.2, 0.25) is 0 Å². The average Bonchev–Trinajstić information content (AvgIpc) is 2.13. The molecule has 5 heteroatoms. The van der Waals surface area contributed by atoms with Crippen LogP contribution in [0.4, 0.5) is 8.78 Å². The highest BCUT2D eigenvalue weighted by Gasteiger charge is 2.16. The van der Waals surface area contributed by atoms with E-state index in [1.807, 2.05) is 6.07 Å². The van der Waals surface area contributed by atoms with Crippen molar-refractivity contribution in [2.75, 3.05) is 0 Å². The van der Waals surface area contributed by atoms with Gasteiger partial charge in [-0.2, -0.15) is 5.26 Å². The zero-order valence-electron chi connectivity index (χ0n) is 7.39. The Bertz CT molecular complexity index is 385. The van der Waals surface area contributed by atoms with Gasteiger partial charge in [0.1, 0.15) is 5.69 Å². The molecular weight excluding hydrogens is 210 g/mol. The molecule has 0 amide bonds. The van der Waals surface area contributed by atoms with Gasteiger partial charge in [0.15, 0.2) is 0 Å². The molecule has 1 heterocycles. The molecule has 0 aliphatic rings. The van der Waals surface area contributed by atoms with Crippen molar-refractivity contribution in [3.05, 3.63) is 28.0 Å². The van der Waals surface area contributed by atoms with Crippen LogP contribution in [-0.2, 0) is 6.42 Å². The third-order valence-electron chi connectivity index (χ3n) is 1.83. The van der Waals surface area contributed by atoms with Crippen molar-refractivity contribution < 1.29 is 8.78 Å². The maximum Gasteiger partial charge on any atom is 0.280 e. The fourth-order valence-corrected chi connectivity index (χ4v) is 1.30. The van der Waals surface area contributed by atoms with Crippen molar-refractivity contribution in [2.24, 2.45) is 0 Å². The number of pyridine rings is 1. The van der Waals surface area contributed by atoms with Gasteiger partial charge in [-0.15, -0.1) is 0 Å². The standard InChI is InChI=1S/C9H7ClF2N2/c1-5-7(10)6(2-3-13)4-14-8(5)9(11)12/h4,9H,2H2,1H3. The van der Waals surface area contributed by atoms with Crippen molar-refractivity contribution in [1.82, 2.24) is 4.98 Å². The molecule has 0 saturated heterocycles. The normalized spacial score (nSPS) is 10.3. The van der Waals surface area contributed by atoms with Gasteiger partial charge in [0, 0.05) is 11.8 Å². The first-order chi connectivity index (χ1) is 6.57. The Morgan fingerprint density at radius 1 is 1.64 bits per heavy atom. The molecule has 14 heavy (non-hydrogen) atoms. The van der Waals surface area contributed by atoms with Gasteiger partial charge in [-0.25, -0.2) is 8.78 Å². The number of halogens is 3. The second-order valence-corrected chi connectivity index (χ2v) is 3.12. The van der Waals surface area contributed by atoms with Crippen molar-refractivity contribution in [2.45, 2.75) is 19.8 Å². The van der Waals surface area contributed by atoms with Gasteiger partial charge in [0.05, 0.1) is 17.5 Å². The first kappa shape index (κ1) is 10.9. The summed E-state index contributed by atoms with van der Waals surface area (Å²) in [4.78, 5) is 3.57. The van der Waals surface area contributed by atoms with Crippen LogP contribution >= 0.6 is 11.6 Å². The third-order valence-corrected chi connectivity index (χ3v) is 2.36. The predicted molar refractivity (Wildman–Crippen MR) is 48.3 cm³/mol. The zero-order valence-corrected chi connectivity index (χ0v) is 8.15. The minimum atomic E-state index is -2.64. The van der Waals surface area contributed by atoms with Crippen LogP contribution in [-0.4, -0.2) is 4.98 Å². The van der Waals surface area contributed by atoms with Gasteiger partial charge in [-0.05, 0) is 12.5 Å². The van der Waals surface area contributed by atoms with Gasteiger partial charge < -0.3 is 0 Å². The van der Waals surface area contributed by atoms with E-state index in [2.05, 4.69) is 4.98 Å². The maximum absolute atomic E-state index is 12.3. The molecule has 1 aromatic rings. The number of rotatable bonds is 2. The van der Waals surface area contributed by atoms with E-state index in [0.717, 1.165) is 0 Å². The van der Waals surface area contributed by atoms with Crippen LogP contribution in [0.2, 0.25) is 5.02 Å². The monoisotopic (exact) mass is 216 g/mol. The third kappa shape index (κ3) is 1.99. The van der Waals surface area contributed by atoms with E-state index in [0.29, 0.717) is 5.56 Å². The summed E-state index contributed by atoms with van der Waals surface area (Å²) >= 11 is 5.80. The molecule has 0 unspecified atom stereocenters. The van der Waals surface area contributed by atoms with E-state index in [4.69, 9.17) is 16.9 Å². The van der Waals surface area contributed by atoms with E-state index in [-0.39, 0.29) is 22.7 Å². The quantitative estimate of drug-likeness (QED) is 0.762. The molecule has 1 aromatic heterocycles. The number of alkyl halides is 2. The van der Waals surface area contributed by atoms with E-state index in [1.165, 1.54) is 13.1 Å². The van der Waals surface area contributed by atoms with Crippen LogP contribution in [0.5, 0.6) is 0 Å². The Labute approximate surface area is 85.1 Å². The molecule has 0 aromatic carbocycles. The molecule has 0 saturated carbocycles. The first-order valence-electron chi connectivity index (χ1n) is 3.87. The highest BCUT2D eigenvalue weighted by Crippen LogP contribution is 2.28. The molecule has 1 rings (SSSR count). The minimum Gasteiger partial charge on any atom is -0.255 e. The van der Waals surface area contributed by atoms with Crippen molar-refractivity contribution in [1.29, 1.82) is 5.26 Å². The van der Waals surface area contributed by atoms with Gasteiger partial charge in [0.25, 0.3) is 6.43 Å². The lowest BCUT2D eigenvalue weighted by Crippen LogP contribution is -1.98. The Morgan fingerprint density at radius 3 is 2.79 bits per heavy atom. The second kappa shape index (κ2) is 4.34. The summed E-state index contributed by atoms with van der Waals surface area (Å²) in [5, 5.41) is 8.63. The fourth-order valence-electron chi connectivity index (χ4n) is 1.08. The van der Waals surface area contributed by atoms with Gasteiger partial charge in [-0.1, -0.05) is 11.6 Å². The number of aromatic nitrogens is 1. The van der Waals surface area contributed by atoms with E-state index in [9.17, 15) is 8.78 Å². The first-order valence-corrected chi connectivity index (χ1v) is 4.24. The van der Waals surface area contributed by atoms with Crippen LogP contribution in [0, 0.1) is 18.3 Å². The molecule has 0 aliphatic carbocycles. The Hall–Kier alpha value is -1.21. The van der Waals surface area contributed by atoms with Crippen LogP contribution < -0.4 is 0 Å². The SMILES string of the molecule is Cc1c(C(F)F)ncc(CC#N)c1Cl. The average molecular weight is 217 g/mol. The number of hydrogen-bond donors (Lipinski definition) is 0. The summed E-state index contributed by atoms with van der Waals surface area (Å²) in [6.45, 7) is 1.47. The van der Waals surface area contributed by atoms with Crippen LogP contribution in [0.25, 0.3) is 0 Å². The lowest BCUT2D eigenvalue weighted by Gasteiger charge is -2.07. The van der Waals surface area contributed by atoms with E-state index in [1.54, 1.807) is 0 Å². The molecule has 0 spiro atoms. The summed E-state index contributed by atoms with van der Waals surface area (Å²) in [5.41, 5.74) is 0.405. The molecule has 0 fully saturated rings. The molecule has 0 atom stereocenters. The van der Waals surface area contributed by atoms with Crippen molar-refractivity contribution in [3.63, 3.8) is 0 Å². The summed E-state index contributed by atoms with van der Waals surface area (Å²) in [7, 11) is 0. The number of nitrogens with zero attached hydrogens (tertiary/aromatic N) is 2. The van der Waals surface area contributed by atoms with Crippen LogP contribution in [0.3, 0.4) is 0 Å². The number of nitriles is 1. The molecular formula is C9H7ClF2N2. The summed E-state index contributed by atoms with van der Waals surface area (Å²) in [6, 6.07) is 1.89. The van der Waals surface area contributed by atoms with Crippen molar-refractivity contribution in [3.8, 4) is 6.07 Å². The highest BCUT2D eigenvalue weighted by atomic mass is 35.5. The molecule has 0 aliphatic heterocycles. The van der Waals surface area contributed by atoms with E-state index >= 15 is 0 Å². The zero-order chi connectivity index (χ0) is 10.7. The lowest BCUT2D eigenvalue weighted by atomic mass is 10.1. The minimum absolute atomic E-state index is 0.0796. The molecule has 2 nitrogen and oxygen atoms in total. The lowest BCUT2D eigenvalue weighted by molar-refractivity contribution is 0.145. The topological polar surface area (TPSA) is 36.7 Å². The van der Waals surface area contributed by atoms with Crippen molar-refractivity contribution >= 4 is 11.6 Å². The Balaban J connectivity index is 3.20. The van der Waals surface area contributed by atoms with E-state index < -0.39 is 6.43 Å². The van der Waals surface area contributed by atoms with Gasteiger partial charge in [-0.3, -0.25) is 4.98 Å². The molecule has 0 N–H and O–H groups in total. The number of hydrogen-bond acceptors (Lipinski definition) is 2. The maximum atomic E-state index is 12.3. The molecule has 0 radical (unpaired) electrons. The smallest absolute Gasteiger partial charge is 0.255 e. The molecule has 0 bridgehead atoms. The predicted octanol–water partition coefficient (Wildman–Crippen LogP) is 3.05. The summed E-state index contributed by atoms with van der Waals surface area (Å²) in [6.07, 6.45) is -1.33. The largest absolute Gasteiger partial charge is 0.280 e. The second-order valence-electron chi connectivity index (χ2n) is 2.74. The fraction of sp³-hybridized carbons (Fsp3) is 0.333. The van der Waals surface area contributed by atoms with Gasteiger partial charge >= 0.3 is 0 Å². The summed E-state index contributed by atoms with van der Waals surface area (Å²) in [5.74, 6) is 0. The highest BCUT2D eigenvalue weighted by molar-refractivity contribution is 6.32. The Kier molecular flexibility index (Phi) is 3.37.